The lowest BCUT2D eigenvalue weighted by Gasteiger charge is -2.26. The summed E-state index contributed by atoms with van der Waals surface area (Å²) in [5.41, 5.74) is 3.21. The van der Waals surface area contributed by atoms with Crippen LogP contribution in [0.25, 0.3) is 11.3 Å². The number of amides is 1. The van der Waals surface area contributed by atoms with E-state index in [4.69, 9.17) is 11.6 Å². The van der Waals surface area contributed by atoms with Crippen molar-refractivity contribution in [3.63, 3.8) is 0 Å². The van der Waals surface area contributed by atoms with Gasteiger partial charge in [0.05, 0.1) is 10.7 Å². The van der Waals surface area contributed by atoms with Crippen LogP contribution in [-0.4, -0.2) is 36.7 Å². The highest BCUT2D eigenvalue weighted by Gasteiger charge is 2.28. The molecular weight excluding hydrogens is 466 g/mol. The topological polar surface area (TPSA) is 79.4 Å². The Kier molecular flexibility index (Phi) is 6.95. The predicted molar refractivity (Wildman–Crippen MR) is 129 cm³/mol. The number of nitrogens with one attached hydrogen (secondary N) is 1. The van der Waals surface area contributed by atoms with Crippen LogP contribution in [0, 0.1) is 0 Å². The molecule has 0 spiro atoms. The molecule has 2 heterocycles. The molecule has 1 saturated heterocycles. The maximum atomic E-state index is 13.0. The average Bonchev–Trinajstić information content (AvgIpc) is 3.28. The van der Waals surface area contributed by atoms with Gasteiger partial charge >= 0.3 is 0 Å². The van der Waals surface area contributed by atoms with Crippen LogP contribution in [0.15, 0.2) is 52.7 Å². The number of piperidine rings is 1. The Morgan fingerprint density at radius 2 is 1.84 bits per heavy atom. The van der Waals surface area contributed by atoms with Crippen LogP contribution in [0.2, 0.25) is 5.02 Å². The maximum absolute atomic E-state index is 13.0. The van der Waals surface area contributed by atoms with Crippen LogP contribution >= 0.6 is 22.9 Å². The molecule has 0 bridgehead atoms. The zero-order chi connectivity index (χ0) is 22.7. The number of aromatic nitrogens is 1. The van der Waals surface area contributed by atoms with E-state index in [-0.39, 0.29) is 15.5 Å². The van der Waals surface area contributed by atoms with Crippen molar-refractivity contribution in [3.05, 3.63) is 64.0 Å². The quantitative estimate of drug-likeness (QED) is 0.499. The normalized spacial score (nSPS) is 14.9. The SMILES string of the molecule is CCc1ccc(-c2csc(NC(=O)c3ccc(Cl)c(S(=O)(=O)N4CCCCC4)c3)n2)cc1. The van der Waals surface area contributed by atoms with Gasteiger partial charge in [-0.1, -0.05) is 49.2 Å². The second-order valence-electron chi connectivity index (χ2n) is 7.65. The van der Waals surface area contributed by atoms with Gasteiger partial charge in [-0.05, 0) is 43.0 Å². The smallest absolute Gasteiger partial charge is 0.257 e. The van der Waals surface area contributed by atoms with E-state index in [9.17, 15) is 13.2 Å². The van der Waals surface area contributed by atoms with E-state index in [0.717, 1.165) is 36.9 Å². The van der Waals surface area contributed by atoms with Crippen molar-refractivity contribution in [3.8, 4) is 11.3 Å². The molecule has 9 heteroatoms. The molecule has 6 nitrogen and oxygen atoms in total. The van der Waals surface area contributed by atoms with Crippen LogP contribution in [0.4, 0.5) is 5.13 Å². The van der Waals surface area contributed by atoms with E-state index in [1.165, 1.54) is 39.4 Å². The molecule has 2 aromatic carbocycles. The highest BCUT2D eigenvalue weighted by molar-refractivity contribution is 7.89. The third-order valence-corrected chi connectivity index (χ3v) is 8.65. The molecule has 1 amide bonds. The van der Waals surface area contributed by atoms with Crippen LogP contribution in [0.5, 0.6) is 0 Å². The van der Waals surface area contributed by atoms with E-state index in [1.54, 1.807) is 0 Å². The fourth-order valence-corrected chi connectivity index (χ4v) is 6.36. The summed E-state index contributed by atoms with van der Waals surface area (Å²) in [6.45, 7) is 3.04. The van der Waals surface area contributed by atoms with E-state index in [0.29, 0.717) is 18.2 Å². The lowest BCUT2D eigenvalue weighted by molar-refractivity contribution is 0.102. The average molecular weight is 490 g/mol. The molecule has 0 radical (unpaired) electrons. The highest BCUT2D eigenvalue weighted by atomic mass is 35.5. The second-order valence-corrected chi connectivity index (χ2v) is 10.8. The van der Waals surface area contributed by atoms with Crippen molar-refractivity contribution < 1.29 is 13.2 Å². The minimum atomic E-state index is -3.75. The maximum Gasteiger partial charge on any atom is 0.257 e. The molecule has 1 fully saturated rings. The van der Waals surface area contributed by atoms with Gasteiger partial charge in [-0.25, -0.2) is 13.4 Å². The number of carbonyl (C=O) groups is 1. The van der Waals surface area contributed by atoms with Crippen molar-refractivity contribution in [2.45, 2.75) is 37.5 Å². The van der Waals surface area contributed by atoms with Crippen LogP contribution < -0.4 is 5.32 Å². The van der Waals surface area contributed by atoms with E-state index < -0.39 is 15.9 Å². The van der Waals surface area contributed by atoms with Crippen LogP contribution in [0.1, 0.15) is 42.1 Å². The number of nitrogens with zero attached hydrogens (tertiary/aromatic N) is 2. The molecule has 1 N–H and O–H groups in total. The molecule has 0 aliphatic carbocycles. The molecule has 1 aliphatic heterocycles. The van der Waals surface area contributed by atoms with Gasteiger partial charge in [0, 0.05) is 29.6 Å². The van der Waals surface area contributed by atoms with Gasteiger partial charge in [0.2, 0.25) is 10.0 Å². The Morgan fingerprint density at radius 1 is 1.12 bits per heavy atom. The second kappa shape index (κ2) is 9.70. The molecule has 4 rings (SSSR count). The highest BCUT2D eigenvalue weighted by Crippen LogP contribution is 2.29. The first-order valence-corrected chi connectivity index (χ1v) is 13.2. The summed E-state index contributed by atoms with van der Waals surface area (Å²) in [5, 5.41) is 5.20. The number of benzene rings is 2. The number of aryl methyl sites for hydroxylation is 1. The molecule has 1 aromatic heterocycles. The Bertz CT molecular complexity index is 1220. The molecule has 0 saturated carbocycles. The largest absolute Gasteiger partial charge is 0.298 e. The summed E-state index contributed by atoms with van der Waals surface area (Å²) < 4.78 is 27.5. The van der Waals surface area contributed by atoms with Crippen molar-refractivity contribution in [2.24, 2.45) is 0 Å². The van der Waals surface area contributed by atoms with Gasteiger partial charge in [-0.2, -0.15) is 4.31 Å². The molecule has 0 atom stereocenters. The number of carbonyl (C=O) groups excluding carboxylic acids is 1. The molecular formula is C23H24ClN3O3S2. The Morgan fingerprint density at radius 3 is 2.53 bits per heavy atom. The lowest BCUT2D eigenvalue weighted by atomic mass is 10.1. The van der Waals surface area contributed by atoms with Crippen LogP contribution in [0.3, 0.4) is 0 Å². The third kappa shape index (κ3) is 4.88. The summed E-state index contributed by atoms with van der Waals surface area (Å²) in [6, 6.07) is 12.5. The van der Waals surface area contributed by atoms with Gasteiger partial charge in [0.15, 0.2) is 5.13 Å². The predicted octanol–water partition coefficient (Wildman–Crippen LogP) is 5.45. The molecule has 1 aliphatic rings. The Labute approximate surface area is 197 Å². The number of halogens is 1. The summed E-state index contributed by atoms with van der Waals surface area (Å²) in [7, 11) is -3.75. The number of hydrogen-bond acceptors (Lipinski definition) is 5. The van der Waals surface area contributed by atoms with Crippen molar-refractivity contribution >= 4 is 44.0 Å². The fraction of sp³-hybridized carbons (Fsp3) is 0.304. The number of sulfonamides is 1. The summed E-state index contributed by atoms with van der Waals surface area (Å²) in [6.07, 6.45) is 3.63. The van der Waals surface area contributed by atoms with Gasteiger partial charge in [-0.15, -0.1) is 11.3 Å². The Balaban J connectivity index is 1.53. The number of hydrogen-bond donors (Lipinski definition) is 1. The monoisotopic (exact) mass is 489 g/mol. The summed E-state index contributed by atoms with van der Waals surface area (Å²) >= 11 is 7.53. The molecule has 168 valence electrons. The molecule has 0 unspecified atom stereocenters. The van der Waals surface area contributed by atoms with Gasteiger partial charge in [0.1, 0.15) is 4.90 Å². The van der Waals surface area contributed by atoms with Crippen molar-refractivity contribution in [2.75, 3.05) is 18.4 Å². The minimum absolute atomic E-state index is 0.0374. The van der Waals surface area contributed by atoms with E-state index in [2.05, 4.69) is 29.4 Å². The molecule has 32 heavy (non-hydrogen) atoms. The third-order valence-electron chi connectivity index (χ3n) is 5.51. The molecule has 3 aromatic rings. The fourth-order valence-electron chi connectivity index (χ4n) is 3.63. The first-order chi connectivity index (χ1) is 15.4. The number of anilines is 1. The minimum Gasteiger partial charge on any atom is -0.298 e. The van der Waals surface area contributed by atoms with Gasteiger partial charge < -0.3 is 0 Å². The van der Waals surface area contributed by atoms with Crippen molar-refractivity contribution in [1.82, 2.24) is 9.29 Å². The zero-order valence-corrected chi connectivity index (χ0v) is 20.1. The number of thiazole rings is 1. The first kappa shape index (κ1) is 22.9. The zero-order valence-electron chi connectivity index (χ0n) is 17.7. The van der Waals surface area contributed by atoms with Crippen LogP contribution in [-0.2, 0) is 16.4 Å². The Hall–Kier alpha value is -2.26. The van der Waals surface area contributed by atoms with E-state index in [1.807, 2.05) is 17.5 Å². The van der Waals surface area contributed by atoms with E-state index >= 15 is 0 Å². The standard InChI is InChI=1S/C23H24ClN3O3S2/c1-2-16-6-8-17(9-7-16)20-15-31-23(25-20)26-22(28)18-10-11-19(24)21(14-18)32(29,30)27-12-4-3-5-13-27/h6-11,14-15H,2-5,12-13H2,1H3,(H,25,26,28). The van der Waals surface area contributed by atoms with Gasteiger partial charge in [0.25, 0.3) is 5.91 Å². The summed E-state index contributed by atoms with van der Waals surface area (Å²) in [4.78, 5) is 17.3. The lowest BCUT2D eigenvalue weighted by Crippen LogP contribution is -2.35. The van der Waals surface area contributed by atoms with Gasteiger partial charge in [-0.3, -0.25) is 10.1 Å². The number of rotatable bonds is 6. The van der Waals surface area contributed by atoms with Crippen molar-refractivity contribution in [1.29, 1.82) is 0 Å². The summed E-state index contributed by atoms with van der Waals surface area (Å²) in [5.74, 6) is -0.431. The first-order valence-electron chi connectivity index (χ1n) is 10.5.